The van der Waals surface area contributed by atoms with Crippen molar-refractivity contribution in [3.8, 4) is 11.3 Å². The molecule has 1 aromatic heterocycles. The third-order valence-corrected chi connectivity index (χ3v) is 6.30. The lowest BCUT2D eigenvalue weighted by Gasteiger charge is -2.18. The summed E-state index contributed by atoms with van der Waals surface area (Å²) in [5.41, 5.74) is 9.18. The van der Waals surface area contributed by atoms with Crippen molar-refractivity contribution in [1.29, 1.82) is 0 Å². The van der Waals surface area contributed by atoms with Crippen molar-refractivity contribution in [1.82, 2.24) is 4.98 Å². The van der Waals surface area contributed by atoms with E-state index in [1.165, 1.54) is 11.3 Å². The summed E-state index contributed by atoms with van der Waals surface area (Å²) in [6, 6.07) is 14.7. The van der Waals surface area contributed by atoms with Gasteiger partial charge in [-0.3, -0.25) is 14.4 Å². The first-order chi connectivity index (χ1) is 15.3. The minimum atomic E-state index is -0.487. The van der Waals surface area contributed by atoms with E-state index < -0.39 is 11.8 Å². The number of nitrogens with two attached hydrogens (primary N) is 1. The average molecular weight is 449 g/mol. The molecule has 3 N–H and O–H groups in total. The number of hydrogen-bond acceptors (Lipinski definition) is 5. The lowest BCUT2D eigenvalue weighted by Crippen LogP contribution is -2.28. The van der Waals surface area contributed by atoms with Gasteiger partial charge in [0.15, 0.2) is 5.13 Å². The van der Waals surface area contributed by atoms with Gasteiger partial charge in [-0.25, -0.2) is 4.98 Å². The van der Waals surface area contributed by atoms with Gasteiger partial charge in [-0.2, -0.15) is 0 Å². The molecule has 8 heteroatoms. The summed E-state index contributed by atoms with van der Waals surface area (Å²) >= 11 is 1.31. The van der Waals surface area contributed by atoms with Crippen LogP contribution >= 0.6 is 11.3 Å². The summed E-state index contributed by atoms with van der Waals surface area (Å²) < 4.78 is 0. The zero-order valence-corrected chi connectivity index (χ0v) is 18.7. The molecule has 164 valence electrons. The molecule has 7 nitrogen and oxygen atoms in total. The van der Waals surface area contributed by atoms with E-state index >= 15 is 0 Å². The largest absolute Gasteiger partial charge is 0.366 e. The van der Waals surface area contributed by atoms with E-state index in [9.17, 15) is 14.4 Å². The first-order valence-corrected chi connectivity index (χ1v) is 11.3. The molecule has 0 bridgehead atoms. The minimum Gasteiger partial charge on any atom is -0.366 e. The molecule has 0 saturated carbocycles. The van der Waals surface area contributed by atoms with Crippen LogP contribution in [0.4, 0.5) is 10.8 Å². The molecule has 3 amide bonds. The predicted molar refractivity (Wildman–Crippen MR) is 126 cm³/mol. The normalized spacial score (nSPS) is 15.9. The summed E-state index contributed by atoms with van der Waals surface area (Å²) in [7, 11) is 0. The van der Waals surface area contributed by atoms with Gasteiger partial charge in [-0.05, 0) is 35.7 Å². The molecule has 32 heavy (non-hydrogen) atoms. The van der Waals surface area contributed by atoms with Gasteiger partial charge < -0.3 is 16.0 Å². The van der Waals surface area contributed by atoms with Crippen molar-refractivity contribution in [3.05, 3.63) is 65.0 Å². The average Bonchev–Trinajstić information content (AvgIpc) is 3.40. The van der Waals surface area contributed by atoms with E-state index in [1.54, 1.807) is 29.2 Å². The third kappa shape index (κ3) is 4.55. The van der Waals surface area contributed by atoms with Crippen LogP contribution in [-0.4, -0.2) is 29.3 Å². The van der Waals surface area contributed by atoms with Crippen LogP contribution in [0, 0.1) is 5.92 Å². The fourth-order valence-corrected chi connectivity index (χ4v) is 4.38. The second kappa shape index (κ2) is 8.92. The van der Waals surface area contributed by atoms with Crippen molar-refractivity contribution in [2.45, 2.75) is 26.2 Å². The summed E-state index contributed by atoms with van der Waals surface area (Å²) in [5, 5.41) is 5.14. The number of amides is 3. The zero-order valence-electron chi connectivity index (χ0n) is 17.9. The van der Waals surface area contributed by atoms with Gasteiger partial charge in [0.25, 0.3) is 0 Å². The van der Waals surface area contributed by atoms with E-state index in [-0.39, 0.29) is 18.2 Å². The smallest absolute Gasteiger partial charge is 0.248 e. The van der Waals surface area contributed by atoms with Crippen LogP contribution in [-0.2, 0) is 9.59 Å². The van der Waals surface area contributed by atoms with Gasteiger partial charge >= 0.3 is 0 Å². The zero-order chi connectivity index (χ0) is 22.8. The molecule has 1 unspecified atom stereocenters. The Labute approximate surface area is 190 Å². The number of rotatable bonds is 6. The molecule has 1 aliphatic heterocycles. The third-order valence-electron chi connectivity index (χ3n) is 5.54. The maximum absolute atomic E-state index is 12.8. The summed E-state index contributed by atoms with van der Waals surface area (Å²) in [4.78, 5) is 42.8. The Morgan fingerprint density at radius 2 is 1.94 bits per heavy atom. The van der Waals surface area contributed by atoms with E-state index in [0.717, 1.165) is 16.8 Å². The molecule has 2 heterocycles. The molecule has 1 saturated heterocycles. The highest BCUT2D eigenvalue weighted by Crippen LogP contribution is 2.30. The van der Waals surface area contributed by atoms with Crippen molar-refractivity contribution in [3.63, 3.8) is 0 Å². The van der Waals surface area contributed by atoms with E-state index in [0.29, 0.717) is 28.9 Å². The first kappa shape index (κ1) is 21.7. The van der Waals surface area contributed by atoms with Gasteiger partial charge in [-0.1, -0.05) is 38.1 Å². The topological polar surface area (TPSA) is 105 Å². The quantitative estimate of drug-likeness (QED) is 0.594. The second-order valence-corrected chi connectivity index (χ2v) is 8.98. The van der Waals surface area contributed by atoms with Gasteiger partial charge in [0.2, 0.25) is 17.7 Å². The number of hydrogen-bond donors (Lipinski definition) is 2. The first-order valence-electron chi connectivity index (χ1n) is 10.4. The SMILES string of the molecule is CC(C)c1cccc(N2CC(C(=O)Nc3nc(-c4ccc(C(N)=O)cc4)cs3)CC2=O)c1. The molecule has 4 rings (SSSR count). The van der Waals surface area contributed by atoms with Crippen molar-refractivity contribution < 1.29 is 14.4 Å². The molecular formula is C24H24N4O3S. The number of nitrogens with zero attached hydrogens (tertiary/aromatic N) is 2. The molecule has 0 aliphatic carbocycles. The summed E-state index contributed by atoms with van der Waals surface area (Å²) in [5.74, 6) is -0.838. The second-order valence-electron chi connectivity index (χ2n) is 8.12. The number of carbonyl (C=O) groups is 3. The Bertz CT molecular complexity index is 1170. The van der Waals surface area contributed by atoms with Crippen LogP contribution in [0.5, 0.6) is 0 Å². The fraction of sp³-hybridized carbons (Fsp3) is 0.250. The van der Waals surface area contributed by atoms with Crippen LogP contribution in [0.3, 0.4) is 0 Å². The summed E-state index contributed by atoms with van der Waals surface area (Å²) in [6.45, 7) is 4.56. The van der Waals surface area contributed by atoms with Gasteiger partial charge in [-0.15, -0.1) is 11.3 Å². The van der Waals surface area contributed by atoms with E-state index in [1.807, 2.05) is 29.6 Å². The van der Waals surface area contributed by atoms with Crippen molar-refractivity contribution >= 4 is 39.9 Å². The van der Waals surface area contributed by atoms with Gasteiger partial charge in [0, 0.05) is 35.2 Å². The van der Waals surface area contributed by atoms with Crippen LogP contribution < -0.4 is 16.0 Å². The molecule has 1 fully saturated rings. The molecular weight excluding hydrogens is 424 g/mol. The number of carbonyl (C=O) groups excluding carboxylic acids is 3. The summed E-state index contributed by atoms with van der Waals surface area (Å²) in [6.07, 6.45) is 0.171. The number of nitrogens with one attached hydrogen (secondary N) is 1. The highest BCUT2D eigenvalue weighted by molar-refractivity contribution is 7.14. The lowest BCUT2D eigenvalue weighted by atomic mass is 10.0. The molecule has 1 aliphatic rings. The van der Waals surface area contributed by atoms with Gasteiger partial charge in [0.05, 0.1) is 11.6 Å². The number of primary amides is 1. The monoisotopic (exact) mass is 448 g/mol. The molecule has 3 aromatic rings. The van der Waals surface area contributed by atoms with Crippen LogP contribution in [0.25, 0.3) is 11.3 Å². The molecule has 0 spiro atoms. The number of benzene rings is 2. The Morgan fingerprint density at radius 1 is 1.19 bits per heavy atom. The maximum Gasteiger partial charge on any atom is 0.248 e. The Morgan fingerprint density at radius 3 is 2.62 bits per heavy atom. The Hall–Kier alpha value is -3.52. The molecule has 0 radical (unpaired) electrons. The fourth-order valence-electron chi connectivity index (χ4n) is 3.66. The molecule has 2 aromatic carbocycles. The number of aromatic nitrogens is 1. The maximum atomic E-state index is 12.8. The highest BCUT2D eigenvalue weighted by atomic mass is 32.1. The molecule has 1 atom stereocenters. The Balaban J connectivity index is 1.42. The minimum absolute atomic E-state index is 0.0552. The number of anilines is 2. The van der Waals surface area contributed by atoms with Crippen LogP contribution in [0.15, 0.2) is 53.9 Å². The standard InChI is InChI=1S/C24H24N4O3S/c1-14(2)17-4-3-5-19(10-17)28-12-18(11-21(28)29)23(31)27-24-26-20(13-32-24)15-6-8-16(9-7-15)22(25)30/h3-10,13-14,18H,11-12H2,1-2H3,(H2,25,30)(H,26,27,31). The van der Waals surface area contributed by atoms with E-state index in [4.69, 9.17) is 5.73 Å². The van der Waals surface area contributed by atoms with Crippen LogP contribution in [0.1, 0.15) is 42.1 Å². The van der Waals surface area contributed by atoms with Crippen molar-refractivity contribution in [2.24, 2.45) is 11.7 Å². The lowest BCUT2D eigenvalue weighted by molar-refractivity contribution is -0.122. The Kier molecular flexibility index (Phi) is 6.05. The number of thiazole rings is 1. The predicted octanol–water partition coefficient (Wildman–Crippen LogP) is 4.02. The van der Waals surface area contributed by atoms with E-state index in [2.05, 4.69) is 24.1 Å². The highest BCUT2D eigenvalue weighted by Gasteiger charge is 2.35. The van der Waals surface area contributed by atoms with Crippen molar-refractivity contribution in [2.75, 3.05) is 16.8 Å². The van der Waals surface area contributed by atoms with Gasteiger partial charge in [0.1, 0.15) is 0 Å². The van der Waals surface area contributed by atoms with Crippen LogP contribution in [0.2, 0.25) is 0 Å².